The van der Waals surface area contributed by atoms with E-state index < -0.39 is 0 Å². The number of nitrogens with one attached hydrogen (secondary N) is 1. The summed E-state index contributed by atoms with van der Waals surface area (Å²) >= 11 is 0. The van der Waals surface area contributed by atoms with Gasteiger partial charge in [-0.2, -0.15) is 10.2 Å². The van der Waals surface area contributed by atoms with E-state index in [4.69, 9.17) is 0 Å². The van der Waals surface area contributed by atoms with Gasteiger partial charge in [0, 0.05) is 0 Å². The Balaban J connectivity index is 1.54. The van der Waals surface area contributed by atoms with E-state index in [-0.39, 0.29) is 24.1 Å². The first-order valence-electron chi connectivity index (χ1n) is 9.25. The summed E-state index contributed by atoms with van der Waals surface area (Å²) in [6, 6.07) is 8.24. The second kappa shape index (κ2) is 6.64. The van der Waals surface area contributed by atoms with Gasteiger partial charge in [0.25, 0.3) is 5.56 Å². The van der Waals surface area contributed by atoms with Crippen LogP contribution in [0.15, 0.2) is 35.3 Å². The zero-order chi connectivity index (χ0) is 19.1. The molecule has 0 bridgehead atoms. The molecular formula is C20H23N5O2. The summed E-state index contributed by atoms with van der Waals surface area (Å²) in [6.07, 6.45) is 3.76. The largest absolute Gasteiger partial charge is 0.348 e. The number of nitrogens with zero attached hydrogens (tertiary/aromatic N) is 4. The van der Waals surface area contributed by atoms with Crippen LogP contribution in [0, 0.1) is 13.8 Å². The minimum atomic E-state index is -0.277. The predicted molar refractivity (Wildman–Crippen MR) is 103 cm³/mol. The Morgan fingerprint density at radius 3 is 2.63 bits per heavy atom. The van der Waals surface area contributed by atoms with Crippen molar-refractivity contribution >= 4 is 16.8 Å². The molecule has 140 valence electrons. The minimum Gasteiger partial charge on any atom is -0.348 e. The van der Waals surface area contributed by atoms with E-state index in [1.54, 1.807) is 6.20 Å². The van der Waals surface area contributed by atoms with Crippen molar-refractivity contribution in [2.75, 3.05) is 0 Å². The van der Waals surface area contributed by atoms with Crippen LogP contribution in [-0.2, 0) is 11.3 Å². The van der Waals surface area contributed by atoms with E-state index >= 15 is 0 Å². The summed E-state index contributed by atoms with van der Waals surface area (Å²) in [4.78, 5) is 25.2. The predicted octanol–water partition coefficient (Wildman–Crippen LogP) is 2.42. The summed E-state index contributed by atoms with van der Waals surface area (Å²) in [5.74, 6) is -0.244. The van der Waals surface area contributed by atoms with Crippen LogP contribution in [0.1, 0.15) is 48.7 Å². The fraction of sp³-hybridized carbons (Fsp3) is 0.400. The number of benzene rings is 1. The molecule has 7 heteroatoms. The summed E-state index contributed by atoms with van der Waals surface area (Å²) in [5, 5.41) is 12.2. The van der Waals surface area contributed by atoms with Gasteiger partial charge in [-0.1, -0.05) is 29.8 Å². The molecule has 1 amide bonds. The molecule has 4 rings (SSSR count). The quantitative estimate of drug-likeness (QED) is 0.753. The lowest BCUT2D eigenvalue weighted by atomic mass is 10.1. The molecule has 0 radical (unpaired) electrons. The Morgan fingerprint density at radius 1 is 1.26 bits per heavy atom. The lowest BCUT2D eigenvalue weighted by Gasteiger charge is -2.15. The fourth-order valence-corrected chi connectivity index (χ4v) is 3.36. The topological polar surface area (TPSA) is 81.8 Å². The Kier molecular flexibility index (Phi) is 4.30. The first-order chi connectivity index (χ1) is 12.9. The molecular weight excluding hydrogens is 342 g/mol. The molecule has 1 atom stereocenters. The van der Waals surface area contributed by atoms with Gasteiger partial charge < -0.3 is 5.32 Å². The summed E-state index contributed by atoms with van der Waals surface area (Å²) in [6.45, 7) is 5.69. The molecule has 27 heavy (non-hydrogen) atoms. The van der Waals surface area contributed by atoms with Crippen LogP contribution < -0.4 is 10.9 Å². The Labute approximate surface area is 157 Å². The van der Waals surface area contributed by atoms with E-state index in [0.717, 1.165) is 23.9 Å². The van der Waals surface area contributed by atoms with Crippen molar-refractivity contribution in [3.05, 3.63) is 57.6 Å². The second-order valence-corrected chi connectivity index (χ2v) is 7.33. The molecule has 1 N–H and O–H groups in total. The zero-order valence-electron chi connectivity index (χ0n) is 15.8. The van der Waals surface area contributed by atoms with E-state index in [0.29, 0.717) is 17.1 Å². The monoisotopic (exact) mass is 365 g/mol. The van der Waals surface area contributed by atoms with Crippen LogP contribution >= 0.6 is 0 Å². The van der Waals surface area contributed by atoms with Crippen molar-refractivity contribution in [1.29, 1.82) is 0 Å². The molecule has 7 nitrogen and oxygen atoms in total. The van der Waals surface area contributed by atoms with Gasteiger partial charge in [-0.3, -0.25) is 14.3 Å². The van der Waals surface area contributed by atoms with E-state index in [1.807, 2.05) is 49.7 Å². The van der Waals surface area contributed by atoms with Gasteiger partial charge in [-0.25, -0.2) is 4.68 Å². The Morgan fingerprint density at radius 2 is 1.96 bits per heavy atom. The molecule has 0 saturated heterocycles. The van der Waals surface area contributed by atoms with Gasteiger partial charge in [0.15, 0.2) is 0 Å². The molecule has 1 saturated carbocycles. The summed E-state index contributed by atoms with van der Waals surface area (Å²) in [7, 11) is 0. The number of amides is 1. The number of hydrogen-bond acceptors (Lipinski definition) is 4. The van der Waals surface area contributed by atoms with Crippen molar-refractivity contribution in [3.8, 4) is 0 Å². The lowest BCUT2D eigenvalue weighted by molar-refractivity contribution is -0.122. The van der Waals surface area contributed by atoms with Crippen LogP contribution in [0.25, 0.3) is 10.9 Å². The van der Waals surface area contributed by atoms with E-state index in [9.17, 15) is 9.59 Å². The van der Waals surface area contributed by atoms with E-state index in [1.165, 1.54) is 10.2 Å². The van der Waals surface area contributed by atoms with Crippen molar-refractivity contribution in [2.45, 2.75) is 52.2 Å². The molecule has 1 aliphatic rings. The standard InChI is InChI=1S/C20H23N5O2/c1-12-4-6-15(7-5-12)13(2)22-18(26)11-24-20(27)17-10-21-25(16-8-9-16)19(17)14(3)23-24/h4-7,10,13,16H,8-9,11H2,1-3H3,(H,22,26). The highest BCUT2D eigenvalue weighted by Crippen LogP contribution is 2.36. The van der Waals surface area contributed by atoms with Crippen molar-refractivity contribution in [1.82, 2.24) is 24.9 Å². The number of carbonyl (C=O) groups is 1. The number of aryl methyl sites for hydroxylation is 2. The van der Waals surface area contributed by atoms with Gasteiger partial charge in [0.1, 0.15) is 6.54 Å². The Hall–Kier alpha value is -2.96. The molecule has 0 spiro atoms. The first kappa shape index (κ1) is 17.5. The average Bonchev–Trinajstić information content (AvgIpc) is 3.37. The highest BCUT2D eigenvalue weighted by molar-refractivity contribution is 5.80. The van der Waals surface area contributed by atoms with Crippen LogP contribution in [0.5, 0.6) is 0 Å². The summed E-state index contributed by atoms with van der Waals surface area (Å²) in [5.41, 5.74) is 3.41. The van der Waals surface area contributed by atoms with E-state index in [2.05, 4.69) is 15.5 Å². The molecule has 2 aromatic heterocycles. The van der Waals surface area contributed by atoms with Gasteiger partial charge in [0.05, 0.1) is 34.9 Å². The Bertz CT molecular complexity index is 1060. The third-order valence-corrected chi connectivity index (χ3v) is 5.01. The minimum absolute atomic E-state index is 0.111. The number of aromatic nitrogens is 4. The highest BCUT2D eigenvalue weighted by Gasteiger charge is 2.28. The molecule has 3 aromatic rings. The van der Waals surface area contributed by atoms with Crippen molar-refractivity contribution in [2.24, 2.45) is 0 Å². The van der Waals surface area contributed by atoms with Crippen LogP contribution in [0.3, 0.4) is 0 Å². The number of fused-ring (bicyclic) bond motifs is 1. The van der Waals surface area contributed by atoms with Gasteiger partial charge in [-0.15, -0.1) is 0 Å². The fourth-order valence-electron chi connectivity index (χ4n) is 3.36. The number of carbonyl (C=O) groups excluding carboxylic acids is 1. The van der Waals surface area contributed by atoms with Gasteiger partial charge in [-0.05, 0) is 39.2 Å². The maximum atomic E-state index is 12.7. The van der Waals surface area contributed by atoms with Gasteiger partial charge >= 0.3 is 0 Å². The van der Waals surface area contributed by atoms with Crippen molar-refractivity contribution in [3.63, 3.8) is 0 Å². The van der Waals surface area contributed by atoms with Gasteiger partial charge in [0.2, 0.25) is 5.91 Å². The summed E-state index contributed by atoms with van der Waals surface area (Å²) < 4.78 is 3.12. The number of hydrogen-bond donors (Lipinski definition) is 1. The molecule has 0 aliphatic heterocycles. The third-order valence-electron chi connectivity index (χ3n) is 5.01. The third kappa shape index (κ3) is 3.37. The molecule has 1 aliphatic carbocycles. The number of rotatable bonds is 5. The molecule has 1 fully saturated rings. The molecule has 1 aromatic carbocycles. The highest BCUT2D eigenvalue weighted by atomic mass is 16.2. The smallest absolute Gasteiger partial charge is 0.278 e. The van der Waals surface area contributed by atoms with Crippen LogP contribution in [0.2, 0.25) is 0 Å². The van der Waals surface area contributed by atoms with Crippen LogP contribution in [0.4, 0.5) is 0 Å². The molecule has 2 heterocycles. The lowest BCUT2D eigenvalue weighted by Crippen LogP contribution is -2.35. The maximum absolute atomic E-state index is 12.7. The van der Waals surface area contributed by atoms with Crippen LogP contribution in [-0.4, -0.2) is 25.5 Å². The first-order valence-corrected chi connectivity index (χ1v) is 9.25. The maximum Gasteiger partial charge on any atom is 0.278 e. The zero-order valence-corrected chi connectivity index (χ0v) is 15.8. The van der Waals surface area contributed by atoms with Crippen molar-refractivity contribution < 1.29 is 4.79 Å². The normalized spacial score (nSPS) is 15.1. The molecule has 1 unspecified atom stereocenters. The SMILES string of the molecule is Cc1ccc(C(C)NC(=O)Cn2nc(C)c3c(cnn3C3CC3)c2=O)cc1. The second-order valence-electron chi connectivity index (χ2n) is 7.33. The average molecular weight is 365 g/mol.